The van der Waals surface area contributed by atoms with Crippen LogP contribution in [0.15, 0.2) is 18.2 Å². The number of para-hydroxylation sites is 1. The number of hydrogen-bond acceptors (Lipinski definition) is 5. The van der Waals surface area contributed by atoms with Crippen LogP contribution in [0.25, 0.3) is 11.0 Å². The summed E-state index contributed by atoms with van der Waals surface area (Å²) in [4.78, 5) is 4.46. The lowest BCUT2D eigenvalue weighted by atomic mass is 10.0. The number of hydrogen-bond donors (Lipinski definition) is 1. The number of anilines is 1. The maximum absolute atomic E-state index is 6.11. The highest BCUT2D eigenvalue weighted by Crippen LogP contribution is 2.31. The molecule has 1 fully saturated rings. The van der Waals surface area contributed by atoms with Crippen molar-refractivity contribution in [3.63, 3.8) is 0 Å². The quantitative estimate of drug-likeness (QED) is 0.910. The van der Waals surface area contributed by atoms with Crippen molar-refractivity contribution < 1.29 is 14.2 Å². The smallest absolute Gasteiger partial charge is 0.201 e. The van der Waals surface area contributed by atoms with Crippen LogP contribution in [0.4, 0.5) is 5.95 Å². The summed E-state index contributed by atoms with van der Waals surface area (Å²) >= 11 is 0. The molecule has 1 unspecified atom stereocenters. The van der Waals surface area contributed by atoms with E-state index < -0.39 is 0 Å². The van der Waals surface area contributed by atoms with E-state index >= 15 is 0 Å². The zero-order valence-corrected chi connectivity index (χ0v) is 12.5. The summed E-state index contributed by atoms with van der Waals surface area (Å²) < 4.78 is 18.8. The summed E-state index contributed by atoms with van der Waals surface area (Å²) in [6, 6.07) is 5.86. The molecule has 114 valence electrons. The normalized spacial score (nSPS) is 22.0. The molecule has 0 spiro atoms. The van der Waals surface area contributed by atoms with Crippen LogP contribution in [0.2, 0.25) is 0 Å². The molecule has 1 aliphatic heterocycles. The number of imidazole rings is 1. The molecule has 2 heterocycles. The zero-order chi connectivity index (χ0) is 14.9. The first kappa shape index (κ1) is 14.2. The topological polar surface area (TPSA) is 71.5 Å². The van der Waals surface area contributed by atoms with Gasteiger partial charge in [0.25, 0.3) is 0 Å². The Morgan fingerprint density at radius 2 is 2.33 bits per heavy atom. The van der Waals surface area contributed by atoms with Crippen LogP contribution < -0.4 is 10.5 Å². The second-order valence-electron chi connectivity index (χ2n) is 5.30. The van der Waals surface area contributed by atoms with Crippen molar-refractivity contribution in [2.24, 2.45) is 0 Å². The summed E-state index contributed by atoms with van der Waals surface area (Å²) in [6.45, 7) is 4.47. The highest BCUT2D eigenvalue weighted by molar-refractivity contribution is 5.84. The van der Waals surface area contributed by atoms with Gasteiger partial charge in [0.05, 0.1) is 25.3 Å². The lowest BCUT2D eigenvalue weighted by molar-refractivity contribution is -0.0283. The van der Waals surface area contributed by atoms with E-state index in [0.717, 1.165) is 23.2 Å². The predicted octanol–water partition coefficient (Wildman–Crippen LogP) is 1.82. The van der Waals surface area contributed by atoms with Crippen molar-refractivity contribution in [2.45, 2.75) is 25.5 Å². The Morgan fingerprint density at radius 1 is 1.48 bits per heavy atom. The van der Waals surface area contributed by atoms with Crippen molar-refractivity contribution >= 4 is 17.0 Å². The van der Waals surface area contributed by atoms with E-state index in [1.165, 1.54) is 0 Å². The van der Waals surface area contributed by atoms with Crippen LogP contribution in [0.3, 0.4) is 0 Å². The van der Waals surface area contributed by atoms with Gasteiger partial charge < -0.3 is 24.5 Å². The van der Waals surface area contributed by atoms with Gasteiger partial charge in [-0.05, 0) is 19.1 Å². The molecule has 6 heteroatoms. The number of aromatic nitrogens is 2. The predicted molar refractivity (Wildman–Crippen MR) is 80.5 cm³/mol. The molecule has 0 saturated carbocycles. The van der Waals surface area contributed by atoms with Crippen molar-refractivity contribution in [2.75, 3.05) is 32.7 Å². The summed E-state index contributed by atoms with van der Waals surface area (Å²) in [5, 5.41) is 0. The molecule has 2 N–H and O–H groups in total. The third-order valence-corrected chi connectivity index (χ3v) is 4.02. The number of ether oxygens (including phenoxy) is 3. The largest absolute Gasteiger partial charge is 0.492 e. The number of nitrogens with two attached hydrogens (primary N) is 1. The molecule has 0 aliphatic carbocycles. The number of nitrogens with zero attached hydrogens (tertiary/aromatic N) is 2. The molecule has 3 rings (SSSR count). The Morgan fingerprint density at radius 3 is 3.00 bits per heavy atom. The highest BCUT2D eigenvalue weighted by Gasteiger charge is 2.36. The summed E-state index contributed by atoms with van der Waals surface area (Å²) in [6.07, 6.45) is 0.855. The average molecular weight is 291 g/mol. The van der Waals surface area contributed by atoms with E-state index in [4.69, 9.17) is 19.9 Å². The summed E-state index contributed by atoms with van der Waals surface area (Å²) in [5.41, 5.74) is 7.53. The average Bonchev–Trinajstić information content (AvgIpc) is 3.07. The van der Waals surface area contributed by atoms with Gasteiger partial charge in [-0.1, -0.05) is 6.07 Å². The number of methoxy groups -OCH3 is 1. The number of nitrogen functional groups attached to an aromatic ring is 1. The molecule has 21 heavy (non-hydrogen) atoms. The third-order valence-electron chi connectivity index (χ3n) is 4.02. The van der Waals surface area contributed by atoms with Gasteiger partial charge in [-0.3, -0.25) is 0 Å². The van der Waals surface area contributed by atoms with Crippen LogP contribution in [0.1, 0.15) is 13.3 Å². The molecule has 1 saturated heterocycles. The molecular formula is C15H21N3O3. The molecule has 0 amide bonds. The fourth-order valence-corrected chi connectivity index (χ4v) is 2.80. The molecule has 1 aromatic carbocycles. The number of fused-ring (bicyclic) bond motifs is 1. The molecule has 0 radical (unpaired) electrons. The second-order valence-corrected chi connectivity index (χ2v) is 5.30. The van der Waals surface area contributed by atoms with Gasteiger partial charge in [0.2, 0.25) is 5.95 Å². The Labute approximate surface area is 123 Å². The minimum absolute atomic E-state index is 0.330. The fourth-order valence-electron chi connectivity index (χ4n) is 2.80. The van der Waals surface area contributed by atoms with E-state index in [1.54, 1.807) is 7.11 Å². The highest BCUT2D eigenvalue weighted by atomic mass is 16.5. The molecule has 1 aromatic heterocycles. The van der Waals surface area contributed by atoms with Crippen LogP contribution in [0.5, 0.6) is 5.75 Å². The first-order valence-corrected chi connectivity index (χ1v) is 7.19. The van der Waals surface area contributed by atoms with Crippen molar-refractivity contribution in [1.82, 2.24) is 9.55 Å². The van der Waals surface area contributed by atoms with Gasteiger partial charge in [0, 0.05) is 20.1 Å². The minimum Gasteiger partial charge on any atom is -0.492 e. The van der Waals surface area contributed by atoms with Crippen LogP contribution in [-0.2, 0) is 16.0 Å². The second kappa shape index (κ2) is 5.54. The maximum atomic E-state index is 6.11. The van der Waals surface area contributed by atoms with Crippen LogP contribution in [-0.4, -0.2) is 42.1 Å². The van der Waals surface area contributed by atoms with E-state index in [0.29, 0.717) is 32.3 Å². The minimum atomic E-state index is -0.330. The Balaban J connectivity index is 2.02. The van der Waals surface area contributed by atoms with Gasteiger partial charge in [-0.25, -0.2) is 4.98 Å². The van der Waals surface area contributed by atoms with Crippen LogP contribution >= 0.6 is 0 Å². The molecule has 1 aliphatic rings. The lowest BCUT2D eigenvalue weighted by Crippen LogP contribution is -2.37. The maximum Gasteiger partial charge on any atom is 0.201 e. The van der Waals surface area contributed by atoms with Crippen molar-refractivity contribution in [3.8, 4) is 5.75 Å². The SMILES string of the molecule is CCOc1cccc2c1nc(N)n2CC1(OC)CCOC1. The Kier molecular flexibility index (Phi) is 3.73. The Hall–Kier alpha value is -1.79. The molecule has 0 bridgehead atoms. The standard InChI is InChI=1S/C15H21N3O3/c1-3-21-12-6-4-5-11-13(12)17-14(16)18(11)9-15(19-2)7-8-20-10-15/h4-6H,3,7-10H2,1-2H3,(H2,16,17). The fraction of sp³-hybridized carbons (Fsp3) is 0.533. The van der Waals surface area contributed by atoms with Crippen molar-refractivity contribution in [3.05, 3.63) is 18.2 Å². The van der Waals surface area contributed by atoms with Gasteiger partial charge >= 0.3 is 0 Å². The third kappa shape index (κ3) is 2.45. The molecule has 2 aromatic rings. The van der Waals surface area contributed by atoms with Gasteiger partial charge in [0.1, 0.15) is 16.9 Å². The van der Waals surface area contributed by atoms with E-state index in [1.807, 2.05) is 29.7 Å². The zero-order valence-electron chi connectivity index (χ0n) is 12.5. The van der Waals surface area contributed by atoms with E-state index in [9.17, 15) is 0 Å². The van der Waals surface area contributed by atoms with E-state index in [2.05, 4.69) is 4.98 Å². The first-order valence-electron chi connectivity index (χ1n) is 7.19. The first-order chi connectivity index (χ1) is 10.2. The van der Waals surface area contributed by atoms with E-state index in [-0.39, 0.29) is 5.60 Å². The van der Waals surface area contributed by atoms with Crippen LogP contribution in [0, 0.1) is 0 Å². The molecular weight excluding hydrogens is 270 g/mol. The lowest BCUT2D eigenvalue weighted by Gasteiger charge is -2.26. The Bertz CT molecular complexity index is 632. The monoisotopic (exact) mass is 291 g/mol. The van der Waals surface area contributed by atoms with Gasteiger partial charge in [-0.2, -0.15) is 0 Å². The van der Waals surface area contributed by atoms with Crippen molar-refractivity contribution in [1.29, 1.82) is 0 Å². The molecule has 1 atom stereocenters. The number of rotatable bonds is 5. The van der Waals surface area contributed by atoms with Gasteiger partial charge in [0.15, 0.2) is 0 Å². The molecule has 6 nitrogen and oxygen atoms in total. The van der Waals surface area contributed by atoms with Gasteiger partial charge in [-0.15, -0.1) is 0 Å². The number of benzene rings is 1. The summed E-state index contributed by atoms with van der Waals surface area (Å²) in [7, 11) is 1.72. The summed E-state index contributed by atoms with van der Waals surface area (Å²) in [5.74, 6) is 1.23.